The number of benzene rings is 1. The van der Waals surface area contributed by atoms with E-state index in [0.29, 0.717) is 5.56 Å². The fourth-order valence-electron chi connectivity index (χ4n) is 1.09. The average molecular weight is 198 g/mol. The highest BCUT2D eigenvalue weighted by molar-refractivity contribution is 5.47. The van der Waals surface area contributed by atoms with Gasteiger partial charge in [0.15, 0.2) is 5.75 Å². The van der Waals surface area contributed by atoms with Crippen LogP contribution in [-0.2, 0) is 6.54 Å². The molecule has 0 saturated carbocycles. The minimum absolute atomic E-state index is 0.200. The fourth-order valence-corrected chi connectivity index (χ4v) is 1.09. The highest BCUT2D eigenvalue weighted by atomic mass is 16.6. The second-order valence-corrected chi connectivity index (χ2v) is 2.90. The van der Waals surface area contributed by atoms with E-state index in [2.05, 4.69) is 0 Å². The van der Waals surface area contributed by atoms with Gasteiger partial charge in [-0.2, -0.15) is 5.06 Å². The molecule has 1 rings (SSSR count). The van der Waals surface area contributed by atoms with E-state index in [1.165, 1.54) is 25.2 Å². The zero-order chi connectivity index (χ0) is 10.7. The van der Waals surface area contributed by atoms with Crippen molar-refractivity contribution in [2.75, 3.05) is 7.05 Å². The van der Waals surface area contributed by atoms with Crippen molar-refractivity contribution in [3.63, 3.8) is 0 Å². The summed E-state index contributed by atoms with van der Waals surface area (Å²) in [6, 6.07) is 3.93. The molecule has 0 bridgehead atoms. The maximum absolute atomic E-state index is 10.3. The Hall–Kier alpha value is -1.66. The van der Waals surface area contributed by atoms with E-state index in [4.69, 9.17) is 5.21 Å². The second-order valence-electron chi connectivity index (χ2n) is 2.90. The SMILES string of the molecule is CN(O)Cc1ccc([N+](=O)[O-])c(O)c1. The first kappa shape index (κ1) is 10.4. The molecule has 0 spiro atoms. The first-order chi connectivity index (χ1) is 6.50. The minimum Gasteiger partial charge on any atom is -0.502 e. The number of nitrogens with zero attached hydrogens (tertiary/aromatic N) is 2. The molecule has 6 nitrogen and oxygen atoms in total. The van der Waals surface area contributed by atoms with E-state index >= 15 is 0 Å². The molecule has 14 heavy (non-hydrogen) atoms. The van der Waals surface area contributed by atoms with Crippen LogP contribution in [0.4, 0.5) is 5.69 Å². The normalized spacial score (nSPS) is 10.5. The lowest BCUT2D eigenvalue weighted by atomic mass is 10.2. The van der Waals surface area contributed by atoms with Gasteiger partial charge in [0.2, 0.25) is 0 Å². The Kier molecular flexibility index (Phi) is 3.00. The first-order valence-corrected chi connectivity index (χ1v) is 3.87. The van der Waals surface area contributed by atoms with Crippen molar-refractivity contribution in [2.45, 2.75) is 6.54 Å². The van der Waals surface area contributed by atoms with Gasteiger partial charge in [-0.1, -0.05) is 6.07 Å². The Morgan fingerprint density at radius 2 is 2.21 bits per heavy atom. The van der Waals surface area contributed by atoms with Crippen molar-refractivity contribution in [3.05, 3.63) is 33.9 Å². The molecular weight excluding hydrogens is 188 g/mol. The summed E-state index contributed by atoms with van der Waals surface area (Å²) in [5.74, 6) is -0.394. The number of nitro benzene ring substituents is 1. The van der Waals surface area contributed by atoms with Crippen LogP contribution < -0.4 is 0 Å². The van der Waals surface area contributed by atoms with Gasteiger partial charge in [0, 0.05) is 19.7 Å². The Morgan fingerprint density at radius 1 is 1.57 bits per heavy atom. The van der Waals surface area contributed by atoms with Gasteiger partial charge in [0.25, 0.3) is 0 Å². The standard InChI is InChI=1S/C8H10N2O4/c1-9(12)5-6-2-3-7(10(13)14)8(11)4-6/h2-4,11-12H,5H2,1H3. The van der Waals surface area contributed by atoms with E-state index in [-0.39, 0.29) is 12.2 Å². The van der Waals surface area contributed by atoms with E-state index in [9.17, 15) is 15.2 Å². The molecule has 0 fully saturated rings. The van der Waals surface area contributed by atoms with Crippen molar-refractivity contribution >= 4 is 5.69 Å². The number of rotatable bonds is 3. The van der Waals surface area contributed by atoms with Crippen molar-refractivity contribution in [3.8, 4) is 5.75 Å². The van der Waals surface area contributed by atoms with Gasteiger partial charge in [0.05, 0.1) is 4.92 Å². The number of phenols is 1. The van der Waals surface area contributed by atoms with Gasteiger partial charge >= 0.3 is 5.69 Å². The first-order valence-electron chi connectivity index (χ1n) is 3.87. The smallest absolute Gasteiger partial charge is 0.310 e. The fraction of sp³-hybridized carbons (Fsp3) is 0.250. The summed E-state index contributed by atoms with van der Waals surface area (Å²) in [4.78, 5) is 9.68. The predicted octanol–water partition coefficient (Wildman–Crippen LogP) is 1.12. The Balaban J connectivity index is 2.94. The molecule has 0 saturated heterocycles. The topological polar surface area (TPSA) is 86.8 Å². The Morgan fingerprint density at radius 3 is 2.64 bits per heavy atom. The number of hydrogen-bond acceptors (Lipinski definition) is 5. The zero-order valence-corrected chi connectivity index (χ0v) is 7.54. The van der Waals surface area contributed by atoms with Crippen molar-refractivity contribution in [1.82, 2.24) is 5.06 Å². The Labute approximate surface area is 80.1 Å². The molecule has 0 aliphatic rings. The molecular formula is C8H10N2O4. The molecule has 6 heteroatoms. The van der Waals surface area contributed by atoms with Crippen LogP contribution in [0.5, 0.6) is 5.75 Å². The maximum Gasteiger partial charge on any atom is 0.310 e. The molecule has 1 aromatic carbocycles. The number of hydrogen-bond donors (Lipinski definition) is 2. The quantitative estimate of drug-likeness (QED) is 0.561. The number of hydroxylamine groups is 2. The minimum atomic E-state index is -0.665. The molecule has 2 N–H and O–H groups in total. The van der Waals surface area contributed by atoms with Gasteiger partial charge in [-0.25, -0.2) is 0 Å². The van der Waals surface area contributed by atoms with E-state index < -0.39 is 10.7 Å². The molecule has 76 valence electrons. The van der Waals surface area contributed by atoms with Crippen molar-refractivity contribution in [1.29, 1.82) is 0 Å². The lowest BCUT2D eigenvalue weighted by molar-refractivity contribution is -0.385. The molecule has 0 aromatic heterocycles. The van der Waals surface area contributed by atoms with Crippen LogP contribution in [-0.4, -0.2) is 27.3 Å². The largest absolute Gasteiger partial charge is 0.502 e. The van der Waals surface area contributed by atoms with Crippen LogP contribution in [0.2, 0.25) is 0 Å². The van der Waals surface area contributed by atoms with E-state index in [1.807, 2.05) is 0 Å². The summed E-state index contributed by atoms with van der Waals surface area (Å²) in [6.45, 7) is 0.200. The molecule has 0 aliphatic heterocycles. The van der Waals surface area contributed by atoms with Gasteiger partial charge in [0.1, 0.15) is 0 Å². The van der Waals surface area contributed by atoms with Crippen molar-refractivity contribution in [2.24, 2.45) is 0 Å². The molecule has 0 radical (unpaired) electrons. The third kappa shape index (κ3) is 2.41. The molecule has 0 aliphatic carbocycles. The second kappa shape index (κ2) is 4.03. The van der Waals surface area contributed by atoms with Crippen LogP contribution in [0, 0.1) is 10.1 Å². The summed E-state index contributed by atoms with van der Waals surface area (Å²) in [6.07, 6.45) is 0. The Bertz CT molecular complexity index is 351. The molecule has 1 aromatic rings. The summed E-state index contributed by atoms with van der Waals surface area (Å²) in [5, 5.41) is 29.4. The highest BCUT2D eigenvalue weighted by Crippen LogP contribution is 2.26. The summed E-state index contributed by atoms with van der Waals surface area (Å²) >= 11 is 0. The van der Waals surface area contributed by atoms with Crippen molar-refractivity contribution < 1.29 is 15.2 Å². The van der Waals surface area contributed by atoms with Crippen LogP contribution in [0.25, 0.3) is 0 Å². The van der Waals surface area contributed by atoms with Crippen LogP contribution in [0.1, 0.15) is 5.56 Å². The van der Waals surface area contributed by atoms with Crippen LogP contribution in [0.15, 0.2) is 18.2 Å². The molecule has 0 amide bonds. The summed E-state index contributed by atoms with van der Waals surface area (Å²) < 4.78 is 0. The average Bonchev–Trinajstić information content (AvgIpc) is 2.01. The third-order valence-corrected chi connectivity index (χ3v) is 1.65. The lowest BCUT2D eigenvalue weighted by Crippen LogP contribution is -2.11. The summed E-state index contributed by atoms with van der Waals surface area (Å²) in [5.41, 5.74) is 0.257. The van der Waals surface area contributed by atoms with Gasteiger partial charge in [-0.15, -0.1) is 0 Å². The maximum atomic E-state index is 10.3. The monoisotopic (exact) mass is 198 g/mol. The zero-order valence-electron chi connectivity index (χ0n) is 7.54. The lowest BCUT2D eigenvalue weighted by Gasteiger charge is -2.07. The molecule has 0 heterocycles. The van der Waals surface area contributed by atoms with Gasteiger partial charge in [-0.3, -0.25) is 10.1 Å². The number of aromatic hydroxyl groups is 1. The summed E-state index contributed by atoms with van der Waals surface area (Å²) in [7, 11) is 1.44. The van der Waals surface area contributed by atoms with Crippen LogP contribution >= 0.6 is 0 Å². The van der Waals surface area contributed by atoms with E-state index in [1.54, 1.807) is 0 Å². The predicted molar refractivity (Wildman–Crippen MR) is 48.0 cm³/mol. The van der Waals surface area contributed by atoms with Gasteiger partial charge in [-0.05, 0) is 11.6 Å². The van der Waals surface area contributed by atoms with E-state index in [0.717, 1.165) is 5.06 Å². The molecule has 0 atom stereocenters. The molecule has 0 unspecified atom stereocenters. The van der Waals surface area contributed by atoms with Gasteiger partial charge < -0.3 is 10.3 Å². The third-order valence-electron chi connectivity index (χ3n) is 1.65. The van der Waals surface area contributed by atoms with Crippen LogP contribution in [0.3, 0.4) is 0 Å². The number of nitro groups is 1. The highest BCUT2D eigenvalue weighted by Gasteiger charge is 2.12. The number of phenolic OH excluding ortho intramolecular Hbond substituents is 1.